The number of aliphatic carboxylic acids is 1. The van der Waals surface area contributed by atoms with Crippen molar-refractivity contribution in [1.29, 1.82) is 0 Å². The summed E-state index contributed by atoms with van der Waals surface area (Å²) in [5.41, 5.74) is 0. The maximum Gasteiger partial charge on any atom is 0.327 e. The molecule has 114 valence electrons. The Bertz CT molecular complexity index is 382. The molecule has 0 aromatic rings. The molecule has 4 atom stereocenters. The van der Waals surface area contributed by atoms with Gasteiger partial charge in [-0.05, 0) is 6.92 Å². The number of carboxylic acids is 1. The van der Waals surface area contributed by atoms with Gasteiger partial charge in [0, 0.05) is 20.0 Å². The van der Waals surface area contributed by atoms with Crippen molar-refractivity contribution in [3.8, 4) is 0 Å². The maximum atomic E-state index is 12.6. The number of thioether (sulfide) groups is 1. The van der Waals surface area contributed by atoms with E-state index < -0.39 is 12.0 Å². The van der Waals surface area contributed by atoms with Gasteiger partial charge < -0.3 is 19.5 Å². The Kier molecular flexibility index (Phi) is 4.77. The molecule has 2 rings (SSSR count). The van der Waals surface area contributed by atoms with Gasteiger partial charge in [0.15, 0.2) is 0 Å². The molecule has 0 aliphatic carbocycles. The SMILES string of the molecule is COC1CN(C(=O)N2C(C)SCC2C(=O)O)CC1OC. The fourth-order valence-corrected chi connectivity index (χ4v) is 3.80. The number of carbonyl (C=O) groups is 2. The predicted molar refractivity (Wildman–Crippen MR) is 73.7 cm³/mol. The average molecular weight is 304 g/mol. The molecule has 0 saturated carbocycles. The summed E-state index contributed by atoms with van der Waals surface area (Å²) in [7, 11) is 3.16. The molecular formula is C12H20N2O5S. The average Bonchev–Trinajstić information content (AvgIpc) is 3.00. The monoisotopic (exact) mass is 304 g/mol. The summed E-state index contributed by atoms with van der Waals surface area (Å²) in [6, 6.07) is -1.01. The predicted octanol–water partition coefficient (Wildman–Crippen LogP) is 0.300. The minimum atomic E-state index is -0.957. The third kappa shape index (κ3) is 2.72. The number of nitrogens with zero attached hydrogens (tertiary/aromatic N) is 2. The lowest BCUT2D eigenvalue weighted by atomic mass is 10.3. The summed E-state index contributed by atoms with van der Waals surface area (Å²) in [5.74, 6) is -0.529. The van der Waals surface area contributed by atoms with Crippen LogP contribution in [-0.4, -0.2) is 83.6 Å². The fraction of sp³-hybridized carbons (Fsp3) is 0.833. The van der Waals surface area contributed by atoms with Crippen LogP contribution in [0.5, 0.6) is 0 Å². The van der Waals surface area contributed by atoms with Gasteiger partial charge in [0.1, 0.15) is 18.2 Å². The molecular weight excluding hydrogens is 284 g/mol. The summed E-state index contributed by atoms with van der Waals surface area (Å²) < 4.78 is 10.6. The van der Waals surface area contributed by atoms with Crippen molar-refractivity contribution in [2.24, 2.45) is 0 Å². The number of hydrogen-bond acceptors (Lipinski definition) is 5. The minimum Gasteiger partial charge on any atom is -0.480 e. The van der Waals surface area contributed by atoms with Gasteiger partial charge in [-0.15, -0.1) is 11.8 Å². The Balaban J connectivity index is 2.09. The van der Waals surface area contributed by atoms with Crippen LogP contribution in [0, 0.1) is 0 Å². The molecule has 0 bridgehead atoms. The van der Waals surface area contributed by atoms with Crippen molar-refractivity contribution in [2.75, 3.05) is 33.1 Å². The number of amides is 2. The number of ether oxygens (including phenoxy) is 2. The van der Waals surface area contributed by atoms with Crippen molar-refractivity contribution >= 4 is 23.8 Å². The van der Waals surface area contributed by atoms with Crippen LogP contribution in [0.2, 0.25) is 0 Å². The van der Waals surface area contributed by atoms with Crippen molar-refractivity contribution in [1.82, 2.24) is 9.80 Å². The highest BCUT2D eigenvalue weighted by atomic mass is 32.2. The van der Waals surface area contributed by atoms with E-state index in [0.29, 0.717) is 18.8 Å². The van der Waals surface area contributed by atoms with Crippen molar-refractivity contribution in [3.63, 3.8) is 0 Å². The molecule has 2 aliphatic heterocycles. The van der Waals surface area contributed by atoms with Crippen LogP contribution in [0.15, 0.2) is 0 Å². The van der Waals surface area contributed by atoms with Gasteiger partial charge in [0.05, 0.1) is 18.5 Å². The molecule has 7 nitrogen and oxygen atoms in total. The number of hydrogen-bond donors (Lipinski definition) is 1. The van der Waals surface area contributed by atoms with Crippen LogP contribution in [-0.2, 0) is 14.3 Å². The number of carboxylic acid groups (broad SMARTS) is 1. The number of urea groups is 1. The zero-order valence-electron chi connectivity index (χ0n) is 11.8. The van der Waals surface area contributed by atoms with Crippen LogP contribution < -0.4 is 0 Å². The van der Waals surface area contributed by atoms with Gasteiger partial charge >= 0.3 is 12.0 Å². The van der Waals surface area contributed by atoms with Gasteiger partial charge in [0.2, 0.25) is 0 Å². The van der Waals surface area contributed by atoms with Crippen LogP contribution in [0.1, 0.15) is 6.92 Å². The quantitative estimate of drug-likeness (QED) is 0.808. The Morgan fingerprint density at radius 1 is 1.20 bits per heavy atom. The van der Waals surface area contributed by atoms with Gasteiger partial charge in [-0.2, -0.15) is 0 Å². The number of carbonyl (C=O) groups excluding carboxylic acids is 1. The molecule has 2 aliphatic rings. The van der Waals surface area contributed by atoms with E-state index in [1.807, 2.05) is 6.92 Å². The highest BCUT2D eigenvalue weighted by molar-refractivity contribution is 8.00. The second-order valence-corrected chi connectivity index (χ2v) is 6.28. The first-order valence-electron chi connectivity index (χ1n) is 6.46. The zero-order chi connectivity index (χ0) is 14.9. The lowest BCUT2D eigenvalue weighted by Crippen LogP contribution is -2.50. The van der Waals surface area contributed by atoms with Crippen molar-refractivity contribution in [3.05, 3.63) is 0 Å². The lowest BCUT2D eigenvalue weighted by molar-refractivity contribution is -0.141. The summed E-state index contributed by atoms with van der Waals surface area (Å²) in [5, 5.41) is 9.08. The highest BCUT2D eigenvalue weighted by Gasteiger charge is 2.44. The largest absolute Gasteiger partial charge is 0.480 e. The zero-order valence-corrected chi connectivity index (χ0v) is 12.6. The molecule has 0 radical (unpaired) electrons. The number of rotatable bonds is 3. The molecule has 4 unspecified atom stereocenters. The Labute approximate surface area is 122 Å². The van der Waals surface area contributed by atoms with Gasteiger partial charge in [-0.1, -0.05) is 0 Å². The molecule has 2 fully saturated rings. The molecule has 2 amide bonds. The van der Waals surface area contributed by atoms with E-state index in [-0.39, 0.29) is 23.6 Å². The van der Waals surface area contributed by atoms with Crippen LogP contribution in [0.25, 0.3) is 0 Å². The van der Waals surface area contributed by atoms with E-state index in [2.05, 4.69) is 0 Å². The topological polar surface area (TPSA) is 79.3 Å². The third-order valence-electron chi connectivity index (χ3n) is 3.82. The van der Waals surface area contributed by atoms with Gasteiger partial charge in [-0.3, -0.25) is 4.90 Å². The normalized spacial score (nSPS) is 33.8. The van der Waals surface area contributed by atoms with Crippen molar-refractivity contribution < 1.29 is 24.2 Å². The fourth-order valence-electron chi connectivity index (χ4n) is 2.64. The van der Waals surface area contributed by atoms with Crippen molar-refractivity contribution in [2.45, 2.75) is 30.5 Å². The van der Waals surface area contributed by atoms with E-state index >= 15 is 0 Å². The summed E-state index contributed by atoms with van der Waals surface area (Å²) >= 11 is 1.48. The van der Waals surface area contributed by atoms with Gasteiger partial charge in [0.25, 0.3) is 0 Å². The smallest absolute Gasteiger partial charge is 0.327 e. The van der Waals surface area contributed by atoms with Crippen LogP contribution >= 0.6 is 11.8 Å². The van der Waals surface area contributed by atoms with E-state index in [9.17, 15) is 14.7 Å². The summed E-state index contributed by atoms with van der Waals surface area (Å²) in [6.45, 7) is 2.70. The van der Waals surface area contributed by atoms with E-state index in [1.54, 1.807) is 19.1 Å². The Hall–Kier alpha value is -0.990. The minimum absolute atomic E-state index is 0.133. The molecule has 0 aromatic carbocycles. The summed E-state index contributed by atoms with van der Waals surface area (Å²) in [6.07, 6.45) is -0.337. The standard InChI is InChI=1S/C12H20N2O5S/c1-7-14(8(6-20-7)11(15)16)12(17)13-4-9(18-2)10(5-13)19-3/h7-10H,4-6H2,1-3H3,(H,15,16). The van der Waals surface area contributed by atoms with Gasteiger partial charge in [-0.25, -0.2) is 9.59 Å². The first-order valence-corrected chi connectivity index (χ1v) is 7.51. The molecule has 8 heteroatoms. The molecule has 1 N–H and O–H groups in total. The lowest BCUT2D eigenvalue weighted by Gasteiger charge is -2.29. The molecule has 0 aromatic heterocycles. The second kappa shape index (κ2) is 6.19. The van der Waals surface area contributed by atoms with E-state index in [0.717, 1.165) is 0 Å². The molecule has 0 spiro atoms. The highest BCUT2D eigenvalue weighted by Crippen LogP contribution is 2.31. The second-order valence-electron chi connectivity index (χ2n) is 4.93. The Morgan fingerprint density at radius 2 is 1.75 bits per heavy atom. The van der Waals surface area contributed by atoms with E-state index in [4.69, 9.17) is 9.47 Å². The van der Waals surface area contributed by atoms with Crippen LogP contribution in [0.4, 0.5) is 4.79 Å². The van der Waals surface area contributed by atoms with Crippen LogP contribution in [0.3, 0.4) is 0 Å². The molecule has 2 heterocycles. The summed E-state index contributed by atoms with van der Waals surface area (Å²) in [4.78, 5) is 26.9. The third-order valence-corrected chi connectivity index (χ3v) is 5.04. The number of likely N-dealkylation sites (tertiary alicyclic amines) is 1. The molecule has 2 saturated heterocycles. The number of methoxy groups -OCH3 is 2. The Morgan fingerprint density at radius 3 is 2.20 bits per heavy atom. The van der Waals surface area contributed by atoms with E-state index in [1.165, 1.54) is 16.7 Å². The molecule has 20 heavy (non-hydrogen) atoms. The first-order chi connectivity index (χ1) is 9.49. The maximum absolute atomic E-state index is 12.6. The first kappa shape index (κ1) is 15.4.